The smallest absolute Gasteiger partial charge is 0.229 e. The van der Waals surface area contributed by atoms with Gasteiger partial charge in [0.25, 0.3) is 0 Å². The number of nitrogens with zero attached hydrogens (tertiary/aromatic N) is 3. The minimum Gasteiger partial charge on any atom is -0.490 e. The molecule has 4 rings (SSSR count). The molecule has 0 radical (unpaired) electrons. The van der Waals surface area contributed by atoms with Crippen molar-refractivity contribution in [2.45, 2.75) is 26.0 Å². The lowest BCUT2D eigenvalue weighted by Gasteiger charge is -2.25. The minimum absolute atomic E-state index is 0.0974. The van der Waals surface area contributed by atoms with Gasteiger partial charge in [0.2, 0.25) is 11.9 Å². The molecule has 0 fully saturated rings. The van der Waals surface area contributed by atoms with Gasteiger partial charge in [-0.1, -0.05) is 46.3 Å². The molecule has 8 heteroatoms. The summed E-state index contributed by atoms with van der Waals surface area (Å²) in [7, 11) is 0. The molecule has 1 atom stereocenters. The number of carbonyl (C=O) groups is 1. The van der Waals surface area contributed by atoms with Crippen LogP contribution in [0.4, 0.5) is 5.95 Å². The van der Waals surface area contributed by atoms with Crippen LogP contribution >= 0.6 is 15.9 Å². The summed E-state index contributed by atoms with van der Waals surface area (Å²) in [6.07, 6.45) is 1.70. The van der Waals surface area contributed by atoms with Gasteiger partial charge < -0.3 is 9.47 Å². The molecular weight excluding hydrogens is 424 g/mol. The van der Waals surface area contributed by atoms with E-state index in [0.717, 1.165) is 15.6 Å². The Morgan fingerprint density at radius 2 is 2.00 bits per heavy atom. The molecule has 1 N–H and O–H groups in total. The Morgan fingerprint density at radius 1 is 1.21 bits per heavy atom. The number of rotatable bonds is 6. The van der Waals surface area contributed by atoms with Crippen molar-refractivity contribution in [1.82, 2.24) is 14.8 Å². The van der Waals surface area contributed by atoms with Crippen molar-refractivity contribution in [2.75, 3.05) is 11.9 Å². The first-order chi connectivity index (χ1) is 13.7. The topological polar surface area (TPSA) is 78.3 Å². The average molecular weight is 443 g/mol. The monoisotopic (exact) mass is 442 g/mol. The molecular formula is C20H19BrN4O3. The number of nitrogens with one attached hydrogen (secondary N) is 1. The van der Waals surface area contributed by atoms with Crippen LogP contribution < -0.4 is 14.8 Å². The van der Waals surface area contributed by atoms with Crippen molar-refractivity contribution in [3.63, 3.8) is 0 Å². The van der Waals surface area contributed by atoms with E-state index in [1.54, 1.807) is 4.68 Å². The normalized spacial score (nSPS) is 15.6. The third kappa shape index (κ3) is 3.73. The van der Waals surface area contributed by atoms with Crippen LogP contribution in [0.3, 0.4) is 0 Å². The quantitative estimate of drug-likeness (QED) is 0.624. The molecule has 1 amide bonds. The van der Waals surface area contributed by atoms with Gasteiger partial charge in [0.15, 0.2) is 11.5 Å². The lowest BCUT2D eigenvalue weighted by Crippen LogP contribution is -2.29. The number of halogens is 1. The van der Waals surface area contributed by atoms with E-state index in [4.69, 9.17) is 9.47 Å². The number of ether oxygens (including phenoxy) is 2. The van der Waals surface area contributed by atoms with Gasteiger partial charge in [-0.3, -0.25) is 10.1 Å². The maximum Gasteiger partial charge on any atom is 0.229 e. The fourth-order valence-corrected chi connectivity index (χ4v) is 3.76. The fraction of sp³-hybridized carbons (Fsp3) is 0.250. The Labute approximate surface area is 170 Å². The summed E-state index contributed by atoms with van der Waals surface area (Å²) in [5, 5.41) is 6.99. The molecule has 144 valence electrons. The summed E-state index contributed by atoms with van der Waals surface area (Å²) in [4.78, 5) is 16.2. The van der Waals surface area contributed by atoms with E-state index in [0.29, 0.717) is 30.7 Å². The van der Waals surface area contributed by atoms with Crippen molar-refractivity contribution in [2.24, 2.45) is 0 Å². The summed E-state index contributed by atoms with van der Waals surface area (Å²) in [6, 6.07) is 13.5. The van der Waals surface area contributed by atoms with Crippen LogP contribution in [-0.4, -0.2) is 27.3 Å². The largest absolute Gasteiger partial charge is 0.490 e. The number of aromatic nitrogens is 3. The van der Waals surface area contributed by atoms with Gasteiger partial charge >= 0.3 is 0 Å². The molecule has 0 bridgehead atoms. The van der Waals surface area contributed by atoms with Gasteiger partial charge in [-0.15, -0.1) is 0 Å². The number of anilines is 1. The predicted octanol–water partition coefficient (Wildman–Crippen LogP) is 3.95. The molecule has 3 aromatic rings. The van der Waals surface area contributed by atoms with Crippen molar-refractivity contribution in [3.05, 3.63) is 64.4 Å². The summed E-state index contributed by atoms with van der Waals surface area (Å²) in [6.45, 7) is 2.86. The molecule has 0 spiro atoms. The summed E-state index contributed by atoms with van der Waals surface area (Å²) in [5.41, 5.74) is 1.96. The lowest BCUT2D eigenvalue weighted by atomic mass is 10.0. The van der Waals surface area contributed by atoms with E-state index >= 15 is 0 Å². The Kier molecular flexibility index (Phi) is 5.29. The Hall–Kier alpha value is -2.87. The van der Waals surface area contributed by atoms with Crippen molar-refractivity contribution in [3.8, 4) is 11.5 Å². The Balaban J connectivity index is 1.66. The van der Waals surface area contributed by atoms with Crippen LogP contribution in [0, 0.1) is 0 Å². The van der Waals surface area contributed by atoms with Crippen LogP contribution in [0.2, 0.25) is 0 Å². The van der Waals surface area contributed by atoms with E-state index in [-0.39, 0.29) is 18.4 Å². The molecule has 0 aliphatic carbocycles. The molecule has 1 aromatic heterocycles. The zero-order chi connectivity index (χ0) is 19.5. The number of fused-ring (bicyclic) bond motifs is 1. The second-order valence-corrected chi connectivity index (χ2v) is 7.18. The molecule has 0 saturated carbocycles. The predicted molar refractivity (Wildman–Crippen MR) is 107 cm³/mol. The number of amides is 1. The average Bonchev–Trinajstić information content (AvgIpc) is 3.16. The van der Waals surface area contributed by atoms with Crippen LogP contribution in [0.5, 0.6) is 11.5 Å². The first-order valence-electron chi connectivity index (χ1n) is 8.98. The van der Waals surface area contributed by atoms with Gasteiger partial charge in [-0.2, -0.15) is 10.1 Å². The SMILES string of the molecule is CCOc1cc([C@H]2CC(=O)Nc3ncnn32)c(Br)cc1OCc1ccccc1. The molecule has 1 aliphatic rings. The standard InChI is InChI=1S/C20H19BrN4O3/c1-2-27-17-8-14(16-10-19(26)24-20-22-12-23-25(16)20)15(21)9-18(17)28-11-13-6-4-3-5-7-13/h3-9,12,16H,2,10-11H2,1H3,(H,22,23,24,26)/t16-/m1/s1. The molecule has 2 heterocycles. The number of benzene rings is 2. The van der Waals surface area contributed by atoms with Gasteiger partial charge in [0.1, 0.15) is 12.9 Å². The van der Waals surface area contributed by atoms with Gasteiger partial charge in [0, 0.05) is 4.47 Å². The highest BCUT2D eigenvalue weighted by Crippen LogP contribution is 2.40. The van der Waals surface area contributed by atoms with Crippen LogP contribution in [0.25, 0.3) is 0 Å². The number of hydrogen-bond donors (Lipinski definition) is 1. The van der Waals surface area contributed by atoms with E-state index in [2.05, 4.69) is 31.3 Å². The first-order valence-corrected chi connectivity index (χ1v) is 9.77. The highest BCUT2D eigenvalue weighted by molar-refractivity contribution is 9.10. The minimum atomic E-state index is -0.275. The highest BCUT2D eigenvalue weighted by Gasteiger charge is 2.30. The number of hydrogen-bond acceptors (Lipinski definition) is 5. The molecule has 1 aliphatic heterocycles. The molecule has 2 aromatic carbocycles. The molecule has 7 nitrogen and oxygen atoms in total. The fourth-order valence-electron chi connectivity index (χ4n) is 3.17. The van der Waals surface area contributed by atoms with Crippen molar-refractivity contribution in [1.29, 1.82) is 0 Å². The zero-order valence-corrected chi connectivity index (χ0v) is 16.8. The molecule has 0 saturated heterocycles. The summed E-state index contributed by atoms with van der Waals surface area (Å²) < 4.78 is 14.4. The molecule has 28 heavy (non-hydrogen) atoms. The Morgan fingerprint density at radius 3 is 2.79 bits per heavy atom. The van der Waals surface area contributed by atoms with Crippen LogP contribution in [0.15, 0.2) is 53.3 Å². The second kappa shape index (κ2) is 8.02. The van der Waals surface area contributed by atoms with Gasteiger partial charge in [-0.05, 0) is 30.2 Å². The van der Waals surface area contributed by atoms with Crippen LogP contribution in [0.1, 0.15) is 30.5 Å². The maximum absolute atomic E-state index is 12.1. The summed E-state index contributed by atoms with van der Waals surface area (Å²) in [5.74, 6) is 1.61. The first kappa shape index (κ1) is 18.5. The second-order valence-electron chi connectivity index (χ2n) is 6.32. The highest BCUT2D eigenvalue weighted by atomic mass is 79.9. The van der Waals surface area contributed by atoms with E-state index in [1.165, 1.54) is 6.33 Å². The third-order valence-electron chi connectivity index (χ3n) is 4.46. The van der Waals surface area contributed by atoms with Gasteiger partial charge in [0.05, 0.1) is 19.1 Å². The van der Waals surface area contributed by atoms with Gasteiger partial charge in [-0.25, -0.2) is 4.68 Å². The van der Waals surface area contributed by atoms with Crippen molar-refractivity contribution < 1.29 is 14.3 Å². The van der Waals surface area contributed by atoms with E-state index in [1.807, 2.05) is 49.4 Å². The van der Waals surface area contributed by atoms with Crippen molar-refractivity contribution >= 4 is 27.8 Å². The lowest BCUT2D eigenvalue weighted by molar-refractivity contribution is -0.117. The van der Waals surface area contributed by atoms with Crippen LogP contribution in [-0.2, 0) is 11.4 Å². The summed E-state index contributed by atoms with van der Waals surface area (Å²) >= 11 is 3.63. The molecule has 0 unspecified atom stereocenters. The zero-order valence-electron chi connectivity index (χ0n) is 15.3. The third-order valence-corrected chi connectivity index (χ3v) is 5.14. The van der Waals surface area contributed by atoms with E-state index < -0.39 is 0 Å². The Bertz CT molecular complexity index is 990. The number of carbonyl (C=O) groups excluding carboxylic acids is 1. The maximum atomic E-state index is 12.1. The van der Waals surface area contributed by atoms with E-state index in [9.17, 15) is 4.79 Å².